The Morgan fingerprint density at radius 1 is 1.00 bits per heavy atom. The van der Waals surface area contributed by atoms with E-state index in [2.05, 4.69) is 39.0 Å². The van der Waals surface area contributed by atoms with E-state index in [9.17, 15) is 9.59 Å². The monoisotopic (exact) mass is 572 g/mol. The first-order valence-corrected chi connectivity index (χ1v) is 15.6. The van der Waals surface area contributed by atoms with Crippen molar-refractivity contribution in [3.63, 3.8) is 0 Å². The molecule has 1 aliphatic carbocycles. The molecule has 0 bridgehead atoms. The van der Waals surface area contributed by atoms with Crippen molar-refractivity contribution in [3.05, 3.63) is 53.6 Å². The minimum atomic E-state index is -1.02. The molecule has 0 spiro atoms. The molecular weight excluding hydrogens is 528 g/mol. The predicted octanol–water partition coefficient (Wildman–Crippen LogP) is 5.05. The highest BCUT2D eigenvalue weighted by Gasteiger charge is 2.36. The third-order valence-corrected chi connectivity index (χ3v) is 9.33. The number of aromatic nitrogens is 1. The Balaban J connectivity index is 1.28. The maximum Gasteiger partial charge on any atom is 0.252 e. The van der Waals surface area contributed by atoms with Gasteiger partial charge in [-0.25, -0.2) is 0 Å². The van der Waals surface area contributed by atoms with Crippen LogP contribution < -0.4 is 10.1 Å². The highest BCUT2D eigenvalue weighted by atomic mass is 16.5. The molecule has 1 saturated heterocycles. The van der Waals surface area contributed by atoms with Crippen LogP contribution in [0.1, 0.15) is 67.8 Å². The first kappa shape index (κ1) is 28.7. The van der Waals surface area contributed by atoms with Crippen LogP contribution in [0.2, 0.25) is 0 Å². The zero-order valence-corrected chi connectivity index (χ0v) is 25.3. The van der Waals surface area contributed by atoms with Gasteiger partial charge in [-0.3, -0.25) is 14.5 Å². The number of carbonyl (C=O) groups excluding carboxylic acids is 2. The number of piperazine rings is 1. The van der Waals surface area contributed by atoms with Crippen LogP contribution in [0, 0.1) is 0 Å². The quantitative estimate of drug-likeness (QED) is 0.429. The Morgan fingerprint density at radius 3 is 2.52 bits per heavy atom. The molecule has 2 amide bonds. The summed E-state index contributed by atoms with van der Waals surface area (Å²) in [6, 6.07) is 14.4. The lowest BCUT2D eigenvalue weighted by Gasteiger charge is -2.38. The minimum Gasteiger partial charge on any atom is -0.491 e. The van der Waals surface area contributed by atoms with Gasteiger partial charge in [0.2, 0.25) is 5.91 Å². The number of hydrogen-bond acceptors (Lipinski definition) is 5. The topological polar surface area (TPSA) is 76.0 Å². The van der Waals surface area contributed by atoms with Crippen molar-refractivity contribution in [1.29, 1.82) is 0 Å². The molecule has 6 rings (SSSR count). The van der Waals surface area contributed by atoms with Gasteiger partial charge in [-0.2, -0.15) is 0 Å². The number of ether oxygens (including phenoxy) is 2. The van der Waals surface area contributed by atoms with E-state index in [1.165, 1.54) is 48.7 Å². The molecule has 0 unspecified atom stereocenters. The van der Waals surface area contributed by atoms with Gasteiger partial charge in [-0.1, -0.05) is 37.5 Å². The molecule has 3 aliphatic rings. The number of benzene rings is 2. The second kappa shape index (κ2) is 12.1. The van der Waals surface area contributed by atoms with Crippen molar-refractivity contribution in [2.24, 2.45) is 0 Å². The Kier molecular flexibility index (Phi) is 8.28. The summed E-state index contributed by atoms with van der Waals surface area (Å²) in [5.74, 6) is 1.14. The zero-order chi connectivity index (χ0) is 29.3. The van der Waals surface area contributed by atoms with Gasteiger partial charge in [0, 0.05) is 61.9 Å². The Bertz CT molecular complexity index is 1450. The maximum absolute atomic E-state index is 13.7. The van der Waals surface area contributed by atoms with Gasteiger partial charge in [0.15, 0.2) is 0 Å². The van der Waals surface area contributed by atoms with Gasteiger partial charge in [-0.05, 0) is 62.4 Å². The van der Waals surface area contributed by atoms with Crippen molar-refractivity contribution < 1.29 is 19.1 Å². The fourth-order valence-electron chi connectivity index (χ4n) is 7.08. The Labute approximate surface area is 248 Å². The van der Waals surface area contributed by atoms with Gasteiger partial charge in [-0.15, -0.1) is 0 Å². The smallest absolute Gasteiger partial charge is 0.252 e. The average molecular weight is 573 g/mol. The van der Waals surface area contributed by atoms with Gasteiger partial charge in [0.05, 0.1) is 18.8 Å². The number of nitrogens with zero attached hydrogens (tertiary/aromatic N) is 3. The first-order chi connectivity index (χ1) is 20.4. The molecule has 0 atom stereocenters. The van der Waals surface area contributed by atoms with E-state index < -0.39 is 5.54 Å². The standard InChI is InChI=1S/C34H44N4O4/c1-34(2,33(40)37-17-15-36(16-18-37)19-21-41-3)35-32(39)25-13-14-26-28(23-25)38-20-22-42-29-12-8-7-11-27(29)31(38)30(26)24-9-5-4-6-10-24/h7-8,11-14,23-24H,4-6,9-10,15-22H2,1-3H3,(H,35,39). The van der Waals surface area contributed by atoms with Crippen LogP contribution in [-0.2, 0) is 16.1 Å². The summed E-state index contributed by atoms with van der Waals surface area (Å²) in [7, 11) is 1.71. The second-order valence-corrected chi connectivity index (χ2v) is 12.5. The Hall–Kier alpha value is -3.36. The van der Waals surface area contributed by atoms with Crippen LogP contribution in [0.15, 0.2) is 42.5 Å². The molecule has 8 heteroatoms. The van der Waals surface area contributed by atoms with Crippen molar-refractivity contribution >= 4 is 22.7 Å². The molecule has 1 saturated carbocycles. The normalized spacial score (nSPS) is 18.2. The number of carbonyl (C=O) groups is 2. The number of para-hydroxylation sites is 1. The van der Waals surface area contributed by atoms with Gasteiger partial charge >= 0.3 is 0 Å². The van der Waals surface area contributed by atoms with Crippen LogP contribution in [0.25, 0.3) is 22.2 Å². The summed E-state index contributed by atoms with van der Waals surface area (Å²) in [5, 5.41) is 4.29. The fourth-order valence-corrected chi connectivity index (χ4v) is 7.08. The fraction of sp³-hybridized carbons (Fsp3) is 0.529. The molecule has 224 valence electrons. The summed E-state index contributed by atoms with van der Waals surface area (Å²) >= 11 is 0. The molecule has 0 radical (unpaired) electrons. The van der Waals surface area contributed by atoms with Crippen LogP contribution in [-0.4, -0.2) is 84.8 Å². The predicted molar refractivity (Wildman–Crippen MR) is 165 cm³/mol. The molecule has 2 aromatic carbocycles. The largest absolute Gasteiger partial charge is 0.491 e. The number of fused-ring (bicyclic) bond motifs is 5. The maximum atomic E-state index is 13.7. The number of methoxy groups -OCH3 is 1. The summed E-state index contributed by atoms with van der Waals surface area (Å²) in [6.07, 6.45) is 6.18. The lowest BCUT2D eigenvalue weighted by molar-refractivity contribution is -0.138. The van der Waals surface area contributed by atoms with E-state index >= 15 is 0 Å². The lowest BCUT2D eigenvalue weighted by Crippen LogP contribution is -2.59. The first-order valence-electron chi connectivity index (χ1n) is 15.6. The molecule has 3 heterocycles. The molecule has 42 heavy (non-hydrogen) atoms. The summed E-state index contributed by atoms with van der Waals surface area (Å²) < 4.78 is 13.7. The summed E-state index contributed by atoms with van der Waals surface area (Å²) in [5.41, 5.74) is 4.39. The van der Waals surface area contributed by atoms with Crippen LogP contribution in [0.4, 0.5) is 0 Å². The highest BCUT2D eigenvalue weighted by Crippen LogP contribution is 2.47. The molecule has 8 nitrogen and oxygen atoms in total. The van der Waals surface area contributed by atoms with E-state index in [1.54, 1.807) is 7.11 Å². The highest BCUT2D eigenvalue weighted by molar-refractivity contribution is 6.03. The SMILES string of the molecule is COCCN1CCN(C(=O)C(C)(C)NC(=O)c2ccc3c(C4CCCCC4)c4n(c3c2)CCOc2ccccc2-4)CC1. The molecule has 2 fully saturated rings. The van der Waals surface area contributed by atoms with Crippen molar-refractivity contribution in [1.82, 2.24) is 19.7 Å². The van der Waals surface area contributed by atoms with Gasteiger partial charge < -0.3 is 24.3 Å². The van der Waals surface area contributed by atoms with Crippen molar-refractivity contribution in [2.75, 3.05) is 53.0 Å². The number of nitrogens with one attached hydrogen (secondary N) is 1. The summed E-state index contributed by atoms with van der Waals surface area (Å²) in [4.78, 5) is 31.3. The van der Waals surface area contributed by atoms with Crippen molar-refractivity contribution in [3.8, 4) is 17.0 Å². The average Bonchev–Trinajstić information content (AvgIpc) is 3.21. The third-order valence-electron chi connectivity index (χ3n) is 9.33. The van der Waals surface area contributed by atoms with Crippen LogP contribution >= 0.6 is 0 Å². The van der Waals surface area contributed by atoms with Gasteiger partial charge in [0.1, 0.15) is 17.9 Å². The summed E-state index contributed by atoms with van der Waals surface area (Å²) in [6.45, 7) is 9.39. The van der Waals surface area contributed by atoms with Crippen molar-refractivity contribution in [2.45, 2.75) is 64.0 Å². The van der Waals surface area contributed by atoms with E-state index in [4.69, 9.17) is 9.47 Å². The van der Waals surface area contributed by atoms with Crippen LogP contribution in [0.3, 0.4) is 0 Å². The molecule has 2 aliphatic heterocycles. The van der Waals surface area contributed by atoms with E-state index in [1.807, 2.05) is 36.9 Å². The third kappa shape index (κ3) is 5.54. The number of rotatable bonds is 7. The van der Waals surface area contributed by atoms with E-state index in [0.717, 1.165) is 43.0 Å². The lowest BCUT2D eigenvalue weighted by atomic mass is 9.81. The molecular formula is C34H44N4O4. The van der Waals surface area contributed by atoms with E-state index in [-0.39, 0.29) is 11.8 Å². The van der Waals surface area contributed by atoms with Gasteiger partial charge in [0.25, 0.3) is 5.91 Å². The second-order valence-electron chi connectivity index (χ2n) is 12.5. The molecule has 3 aromatic rings. The number of hydrogen-bond donors (Lipinski definition) is 1. The zero-order valence-electron chi connectivity index (χ0n) is 25.3. The Morgan fingerprint density at radius 2 is 1.76 bits per heavy atom. The molecule has 1 N–H and O–H groups in total. The molecule has 1 aromatic heterocycles. The van der Waals surface area contributed by atoms with E-state index in [0.29, 0.717) is 37.8 Å². The van der Waals surface area contributed by atoms with Crippen LogP contribution in [0.5, 0.6) is 5.75 Å². The number of amides is 2. The minimum absolute atomic E-state index is 0.0480.